The van der Waals surface area contributed by atoms with Gasteiger partial charge in [-0.25, -0.2) is 25.9 Å². The lowest BCUT2D eigenvalue weighted by Crippen LogP contribution is -2.42. The maximum Gasteiger partial charge on any atom is 0.214 e. The van der Waals surface area contributed by atoms with Crippen molar-refractivity contribution in [2.75, 3.05) is 31.1 Å². The van der Waals surface area contributed by atoms with Crippen LogP contribution in [0.2, 0.25) is 0 Å². The molecule has 0 unspecified atom stereocenters. The zero-order valence-corrected chi connectivity index (χ0v) is 11.0. The van der Waals surface area contributed by atoms with E-state index in [0.717, 1.165) is 6.42 Å². The number of hydrogen-bond acceptors (Lipinski definition) is 4. The molecule has 8 heteroatoms. The molecule has 0 aromatic carbocycles. The molecule has 1 aliphatic heterocycles. The quantitative estimate of drug-likeness (QED) is 0.719. The fourth-order valence-corrected chi connectivity index (χ4v) is 3.73. The van der Waals surface area contributed by atoms with Crippen molar-refractivity contribution in [2.24, 2.45) is 0 Å². The van der Waals surface area contributed by atoms with Crippen molar-refractivity contribution in [3.63, 3.8) is 0 Å². The van der Waals surface area contributed by atoms with Crippen LogP contribution in [0.3, 0.4) is 0 Å². The van der Waals surface area contributed by atoms with Gasteiger partial charge in [-0.2, -0.15) is 0 Å². The van der Waals surface area contributed by atoms with Gasteiger partial charge in [0.1, 0.15) is 0 Å². The SMILES string of the molecule is CCS(=O)(=O)NCCN1CCCCS1(=O)=O. The number of hydrogen-bond donors (Lipinski definition) is 1. The van der Waals surface area contributed by atoms with Crippen LogP contribution < -0.4 is 4.72 Å². The predicted octanol–water partition coefficient (Wildman–Crippen LogP) is -0.649. The fourth-order valence-electron chi connectivity index (χ4n) is 1.52. The summed E-state index contributed by atoms with van der Waals surface area (Å²) in [5.74, 6) is 0.188. The largest absolute Gasteiger partial charge is 0.214 e. The van der Waals surface area contributed by atoms with E-state index in [9.17, 15) is 16.8 Å². The van der Waals surface area contributed by atoms with E-state index in [0.29, 0.717) is 13.0 Å². The second kappa shape index (κ2) is 5.44. The minimum absolute atomic E-state index is 0.0136. The van der Waals surface area contributed by atoms with Crippen LogP contribution >= 0.6 is 0 Å². The summed E-state index contributed by atoms with van der Waals surface area (Å²) in [4.78, 5) is 0. The van der Waals surface area contributed by atoms with Crippen molar-refractivity contribution < 1.29 is 16.8 Å². The van der Waals surface area contributed by atoms with Crippen molar-refractivity contribution in [3.05, 3.63) is 0 Å². The summed E-state index contributed by atoms with van der Waals surface area (Å²) in [6.45, 7) is 2.41. The summed E-state index contributed by atoms with van der Waals surface area (Å²) in [6.07, 6.45) is 1.54. The average molecular weight is 270 g/mol. The molecule has 1 N–H and O–H groups in total. The van der Waals surface area contributed by atoms with Crippen LogP contribution in [0, 0.1) is 0 Å². The van der Waals surface area contributed by atoms with E-state index >= 15 is 0 Å². The third-order valence-electron chi connectivity index (χ3n) is 2.52. The van der Waals surface area contributed by atoms with Crippen molar-refractivity contribution in [2.45, 2.75) is 19.8 Å². The molecule has 0 atom stereocenters. The van der Waals surface area contributed by atoms with Gasteiger partial charge in [0.15, 0.2) is 0 Å². The molecule has 0 saturated carbocycles. The van der Waals surface area contributed by atoms with E-state index in [-0.39, 0.29) is 24.6 Å². The van der Waals surface area contributed by atoms with Gasteiger partial charge >= 0.3 is 0 Å². The molecule has 0 radical (unpaired) electrons. The van der Waals surface area contributed by atoms with E-state index in [4.69, 9.17) is 0 Å². The number of nitrogens with one attached hydrogen (secondary N) is 1. The predicted molar refractivity (Wildman–Crippen MR) is 62.1 cm³/mol. The standard InChI is InChI=1S/C8H18N2O4S2/c1-2-15(11,12)9-5-7-10-6-3-4-8-16(10,13)14/h9H,2-8H2,1H3. The van der Waals surface area contributed by atoms with Gasteiger partial charge in [-0.15, -0.1) is 0 Å². The van der Waals surface area contributed by atoms with Crippen LogP contribution in [-0.4, -0.2) is 52.3 Å². The Balaban J connectivity index is 2.43. The number of rotatable bonds is 5. The van der Waals surface area contributed by atoms with Gasteiger partial charge in [-0.05, 0) is 19.8 Å². The Kier molecular flexibility index (Phi) is 4.72. The summed E-state index contributed by atoms with van der Waals surface area (Å²) in [6, 6.07) is 0. The highest BCUT2D eigenvalue weighted by Gasteiger charge is 2.25. The highest BCUT2D eigenvalue weighted by molar-refractivity contribution is 7.89. The normalized spacial score (nSPS) is 22.1. The van der Waals surface area contributed by atoms with Crippen LogP contribution in [0.15, 0.2) is 0 Å². The minimum atomic E-state index is -3.23. The molecule has 0 amide bonds. The van der Waals surface area contributed by atoms with Crippen LogP contribution in [0.25, 0.3) is 0 Å². The molecular weight excluding hydrogens is 252 g/mol. The minimum Gasteiger partial charge on any atom is -0.214 e. The van der Waals surface area contributed by atoms with Gasteiger partial charge < -0.3 is 0 Å². The molecule has 0 aliphatic carbocycles. The van der Waals surface area contributed by atoms with Gasteiger partial charge in [0.2, 0.25) is 20.0 Å². The molecule has 1 heterocycles. The molecule has 0 bridgehead atoms. The summed E-state index contributed by atoms with van der Waals surface area (Å²) in [7, 11) is -6.38. The molecule has 1 rings (SSSR count). The summed E-state index contributed by atoms with van der Waals surface area (Å²) < 4.78 is 49.1. The van der Waals surface area contributed by atoms with Crippen LogP contribution in [0.1, 0.15) is 19.8 Å². The first-order valence-corrected chi connectivity index (χ1v) is 8.59. The smallest absolute Gasteiger partial charge is 0.214 e. The maximum atomic E-state index is 11.6. The zero-order valence-electron chi connectivity index (χ0n) is 9.35. The average Bonchev–Trinajstić information content (AvgIpc) is 2.20. The highest BCUT2D eigenvalue weighted by atomic mass is 32.2. The Labute approximate surface area is 97.1 Å². The van der Waals surface area contributed by atoms with Crippen molar-refractivity contribution in [3.8, 4) is 0 Å². The van der Waals surface area contributed by atoms with Gasteiger partial charge in [-0.3, -0.25) is 0 Å². The van der Waals surface area contributed by atoms with Crippen LogP contribution in [-0.2, 0) is 20.0 Å². The van der Waals surface area contributed by atoms with E-state index in [2.05, 4.69) is 4.72 Å². The summed E-state index contributed by atoms with van der Waals surface area (Å²) in [5.41, 5.74) is 0. The lowest BCUT2D eigenvalue weighted by atomic mass is 10.3. The highest BCUT2D eigenvalue weighted by Crippen LogP contribution is 2.12. The first kappa shape index (κ1) is 13.9. The molecule has 1 aliphatic rings. The molecule has 0 spiro atoms. The molecule has 6 nitrogen and oxygen atoms in total. The number of sulfonamides is 2. The second-order valence-electron chi connectivity index (χ2n) is 3.72. The van der Waals surface area contributed by atoms with E-state index < -0.39 is 20.0 Å². The molecular formula is C8H18N2O4S2. The molecule has 1 fully saturated rings. The maximum absolute atomic E-state index is 11.6. The Morgan fingerprint density at radius 3 is 2.56 bits per heavy atom. The molecule has 0 aromatic heterocycles. The third-order valence-corrected chi connectivity index (χ3v) is 5.88. The Morgan fingerprint density at radius 2 is 2.00 bits per heavy atom. The van der Waals surface area contributed by atoms with E-state index in [1.54, 1.807) is 6.92 Å². The Hall–Kier alpha value is -0.180. The second-order valence-corrected chi connectivity index (χ2v) is 7.90. The van der Waals surface area contributed by atoms with Crippen LogP contribution in [0.5, 0.6) is 0 Å². The Bertz CT molecular complexity index is 415. The third kappa shape index (κ3) is 4.00. The molecule has 0 aromatic rings. The van der Waals surface area contributed by atoms with Gasteiger partial charge in [-0.1, -0.05) is 0 Å². The van der Waals surface area contributed by atoms with Gasteiger partial charge in [0.25, 0.3) is 0 Å². The zero-order chi connectivity index (χ0) is 12.2. The van der Waals surface area contributed by atoms with Crippen molar-refractivity contribution in [1.29, 1.82) is 0 Å². The molecule has 16 heavy (non-hydrogen) atoms. The van der Waals surface area contributed by atoms with Gasteiger partial charge in [0, 0.05) is 19.6 Å². The summed E-state index contributed by atoms with van der Waals surface area (Å²) >= 11 is 0. The van der Waals surface area contributed by atoms with Crippen molar-refractivity contribution >= 4 is 20.0 Å². The first-order chi connectivity index (χ1) is 7.37. The lowest BCUT2D eigenvalue weighted by Gasteiger charge is -2.26. The monoisotopic (exact) mass is 270 g/mol. The topological polar surface area (TPSA) is 83.6 Å². The van der Waals surface area contributed by atoms with E-state index in [1.165, 1.54) is 4.31 Å². The first-order valence-electron chi connectivity index (χ1n) is 5.32. The Morgan fingerprint density at radius 1 is 1.31 bits per heavy atom. The summed E-state index contributed by atoms with van der Waals surface area (Å²) in [5, 5.41) is 0. The molecule has 96 valence electrons. The molecule has 1 saturated heterocycles. The number of nitrogens with zero attached hydrogens (tertiary/aromatic N) is 1. The van der Waals surface area contributed by atoms with Crippen LogP contribution in [0.4, 0.5) is 0 Å². The van der Waals surface area contributed by atoms with E-state index in [1.807, 2.05) is 0 Å². The fraction of sp³-hybridized carbons (Fsp3) is 1.00. The lowest BCUT2D eigenvalue weighted by molar-refractivity contribution is 0.386. The van der Waals surface area contributed by atoms with Gasteiger partial charge in [0.05, 0.1) is 11.5 Å². The van der Waals surface area contributed by atoms with Crippen molar-refractivity contribution in [1.82, 2.24) is 9.03 Å².